The Morgan fingerprint density at radius 3 is 2.22 bits per heavy atom. The first-order chi connectivity index (χ1) is 8.30. The average Bonchev–Trinajstić information content (AvgIpc) is 2.31. The molecule has 0 fully saturated rings. The number of anilines is 1. The van der Waals surface area contributed by atoms with Crippen molar-refractivity contribution in [1.29, 1.82) is 0 Å². The van der Waals surface area contributed by atoms with Gasteiger partial charge in [-0.2, -0.15) is 0 Å². The molecule has 0 radical (unpaired) electrons. The summed E-state index contributed by atoms with van der Waals surface area (Å²) in [5.74, 6) is -1.35. The molecule has 0 aromatic heterocycles. The topological polar surface area (TPSA) is 74.7 Å². The second-order valence-electron chi connectivity index (χ2n) is 4.03. The normalized spacial score (nSPS) is 13.1. The summed E-state index contributed by atoms with van der Waals surface area (Å²) in [7, 11) is -3.88. The van der Waals surface area contributed by atoms with Gasteiger partial charge in [0, 0.05) is 6.54 Å². The van der Waals surface area contributed by atoms with E-state index in [1.54, 1.807) is 31.2 Å². The molecule has 18 heavy (non-hydrogen) atoms. The van der Waals surface area contributed by atoms with Gasteiger partial charge in [0.15, 0.2) is 5.25 Å². The van der Waals surface area contributed by atoms with Crippen LogP contribution in [0.4, 0.5) is 5.69 Å². The van der Waals surface area contributed by atoms with Crippen molar-refractivity contribution in [3.8, 4) is 0 Å². The van der Waals surface area contributed by atoms with Gasteiger partial charge in [-0.15, -0.1) is 0 Å². The molecule has 1 N–H and O–H groups in total. The third kappa shape index (κ3) is 2.81. The van der Waals surface area contributed by atoms with Gasteiger partial charge in [0.1, 0.15) is 0 Å². The van der Waals surface area contributed by atoms with Crippen LogP contribution in [0.15, 0.2) is 24.3 Å². The highest BCUT2D eigenvalue weighted by molar-refractivity contribution is 7.94. The van der Waals surface area contributed by atoms with E-state index in [1.165, 1.54) is 6.92 Å². The van der Waals surface area contributed by atoms with Crippen LogP contribution in [-0.4, -0.2) is 31.3 Å². The lowest BCUT2D eigenvalue weighted by Gasteiger charge is -2.25. The van der Waals surface area contributed by atoms with Gasteiger partial charge in [-0.05, 0) is 32.9 Å². The predicted octanol–water partition coefficient (Wildman–Crippen LogP) is 1.62. The number of carboxylic acid groups (broad SMARTS) is 1. The van der Waals surface area contributed by atoms with E-state index in [0.717, 1.165) is 9.87 Å². The summed E-state index contributed by atoms with van der Waals surface area (Å²) in [6.07, 6.45) is 0. The van der Waals surface area contributed by atoms with E-state index in [2.05, 4.69) is 0 Å². The second kappa shape index (κ2) is 5.39. The van der Waals surface area contributed by atoms with Crippen LogP contribution in [0.3, 0.4) is 0 Å². The number of aliphatic carboxylic acids is 1. The summed E-state index contributed by atoms with van der Waals surface area (Å²) in [4.78, 5) is 10.8. The molecule has 1 rings (SSSR count). The van der Waals surface area contributed by atoms with Gasteiger partial charge in [-0.1, -0.05) is 17.7 Å². The molecular formula is C12H17NO4S. The average molecular weight is 271 g/mol. The highest BCUT2D eigenvalue weighted by atomic mass is 32.2. The van der Waals surface area contributed by atoms with Crippen molar-refractivity contribution < 1.29 is 18.3 Å². The molecule has 1 atom stereocenters. The number of hydrogen-bond acceptors (Lipinski definition) is 3. The van der Waals surface area contributed by atoms with Gasteiger partial charge < -0.3 is 5.11 Å². The van der Waals surface area contributed by atoms with Crippen LogP contribution >= 0.6 is 0 Å². The third-order valence-electron chi connectivity index (χ3n) is 2.71. The predicted molar refractivity (Wildman–Crippen MR) is 70.2 cm³/mol. The smallest absolute Gasteiger partial charge is 0.323 e. The van der Waals surface area contributed by atoms with Crippen LogP contribution in [0.5, 0.6) is 0 Å². The molecule has 5 nitrogen and oxygen atoms in total. The number of aryl methyl sites for hydroxylation is 1. The molecule has 0 saturated heterocycles. The zero-order chi connectivity index (χ0) is 13.9. The quantitative estimate of drug-likeness (QED) is 0.883. The van der Waals surface area contributed by atoms with Crippen LogP contribution in [-0.2, 0) is 14.8 Å². The molecule has 0 aliphatic carbocycles. The molecule has 6 heteroatoms. The molecule has 100 valence electrons. The van der Waals surface area contributed by atoms with Crippen LogP contribution in [0.2, 0.25) is 0 Å². The Bertz CT molecular complexity index is 522. The van der Waals surface area contributed by atoms with E-state index >= 15 is 0 Å². The van der Waals surface area contributed by atoms with Crippen molar-refractivity contribution in [1.82, 2.24) is 0 Å². The van der Waals surface area contributed by atoms with Gasteiger partial charge in [-0.25, -0.2) is 8.42 Å². The number of hydrogen-bond donors (Lipinski definition) is 1. The summed E-state index contributed by atoms with van der Waals surface area (Å²) < 4.78 is 25.4. The minimum Gasteiger partial charge on any atom is -0.480 e. The lowest BCUT2D eigenvalue weighted by atomic mass is 10.2. The Hall–Kier alpha value is -1.56. The molecule has 0 bridgehead atoms. The largest absolute Gasteiger partial charge is 0.480 e. The molecule has 0 aliphatic heterocycles. The Morgan fingerprint density at radius 2 is 1.83 bits per heavy atom. The lowest BCUT2D eigenvalue weighted by Crippen LogP contribution is -2.41. The number of carbonyl (C=O) groups is 1. The van der Waals surface area contributed by atoms with Crippen LogP contribution < -0.4 is 4.31 Å². The van der Waals surface area contributed by atoms with Gasteiger partial charge in [0.05, 0.1) is 5.69 Å². The molecule has 1 aromatic rings. The van der Waals surface area contributed by atoms with Crippen molar-refractivity contribution in [3.63, 3.8) is 0 Å². The van der Waals surface area contributed by atoms with Crippen molar-refractivity contribution in [2.24, 2.45) is 0 Å². The summed E-state index contributed by atoms with van der Waals surface area (Å²) in [6, 6.07) is 6.92. The van der Waals surface area contributed by atoms with Crippen LogP contribution in [0.25, 0.3) is 0 Å². The van der Waals surface area contributed by atoms with Gasteiger partial charge in [0.25, 0.3) is 0 Å². The van der Waals surface area contributed by atoms with Gasteiger partial charge in [-0.3, -0.25) is 9.10 Å². The number of sulfonamides is 1. The van der Waals surface area contributed by atoms with E-state index < -0.39 is 21.2 Å². The summed E-state index contributed by atoms with van der Waals surface area (Å²) in [5, 5.41) is 7.39. The maximum Gasteiger partial charge on any atom is 0.323 e. The van der Waals surface area contributed by atoms with E-state index in [4.69, 9.17) is 5.11 Å². The Balaban J connectivity index is 3.18. The maximum atomic E-state index is 12.1. The maximum absolute atomic E-state index is 12.1. The molecule has 1 aromatic carbocycles. The molecule has 1 unspecified atom stereocenters. The Labute approximate surface area is 107 Å². The van der Waals surface area contributed by atoms with E-state index in [-0.39, 0.29) is 6.54 Å². The van der Waals surface area contributed by atoms with Crippen molar-refractivity contribution in [2.75, 3.05) is 10.8 Å². The first-order valence-electron chi connectivity index (χ1n) is 5.61. The van der Waals surface area contributed by atoms with Crippen molar-refractivity contribution in [2.45, 2.75) is 26.0 Å². The van der Waals surface area contributed by atoms with Crippen molar-refractivity contribution >= 4 is 21.7 Å². The highest BCUT2D eigenvalue weighted by Crippen LogP contribution is 2.21. The molecule has 0 aliphatic rings. The fourth-order valence-electron chi connectivity index (χ4n) is 1.54. The van der Waals surface area contributed by atoms with E-state index in [0.29, 0.717) is 5.69 Å². The Kier molecular flexibility index (Phi) is 4.34. The monoisotopic (exact) mass is 271 g/mol. The highest BCUT2D eigenvalue weighted by Gasteiger charge is 2.33. The summed E-state index contributed by atoms with van der Waals surface area (Å²) in [5.41, 5.74) is 1.50. The standard InChI is InChI=1S/C12H17NO4S/c1-4-13(11-7-5-9(2)6-8-11)18(16,17)10(3)12(14)15/h5-8,10H,4H2,1-3H3,(H,14,15). The Morgan fingerprint density at radius 1 is 1.33 bits per heavy atom. The molecule has 0 saturated carbocycles. The second-order valence-corrected chi connectivity index (χ2v) is 6.20. The number of rotatable bonds is 5. The van der Waals surface area contributed by atoms with Crippen LogP contribution in [0.1, 0.15) is 19.4 Å². The first kappa shape index (κ1) is 14.5. The first-order valence-corrected chi connectivity index (χ1v) is 7.12. The number of nitrogens with zero attached hydrogens (tertiary/aromatic N) is 1. The summed E-state index contributed by atoms with van der Waals surface area (Å²) in [6.45, 7) is 4.94. The summed E-state index contributed by atoms with van der Waals surface area (Å²) >= 11 is 0. The minimum atomic E-state index is -3.88. The minimum absolute atomic E-state index is 0.197. The van der Waals surface area contributed by atoms with Gasteiger partial charge >= 0.3 is 5.97 Å². The molecule has 0 spiro atoms. The molecule has 0 amide bonds. The number of benzene rings is 1. The molecular weight excluding hydrogens is 254 g/mol. The van der Waals surface area contributed by atoms with E-state index in [9.17, 15) is 13.2 Å². The zero-order valence-corrected chi connectivity index (χ0v) is 11.4. The zero-order valence-electron chi connectivity index (χ0n) is 10.6. The van der Waals surface area contributed by atoms with Crippen molar-refractivity contribution in [3.05, 3.63) is 29.8 Å². The number of carboxylic acids is 1. The van der Waals surface area contributed by atoms with Crippen LogP contribution in [0, 0.1) is 6.92 Å². The lowest BCUT2D eigenvalue weighted by molar-refractivity contribution is -0.136. The molecule has 0 heterocycles. The fourth-order valence-corrected chi connectivity index (χ4v) is 2.95. The fraction of sp³-hybridized carbons (Fsp3) is 0.417. The third-order valence-corrected chi connectivity index (χ3v) is 4.89. The SMILES string of the molecule is CCN(c1ccc(C)cc1)S(=O)(=O)C(C)C(=O)O. The van der Waals surface area contributed by atoms with Gasteiger partial charge in [0.2, 0.25) is 10.0 Å². The van der Waals surface area contributed by atoms with E-state index in [1.807, 2.05) is 6.92 Å².